The van der Waals surface area contributed by atoms with Crippen LogP contribution >= 0.6 is 0 Å². The van der Waals surface area contributed by atoms with Gasteiger partial charge in [-0.25, -0.2) is 4.98 Å². The minimum atomic E-state index is -6.00. The Balaban J connectivity index is 0.000000336. The number of unbranched alkanes of at least 4 members (excludes halogenated alkanes) is 1. The summed E-state index contributed by atoms with van der Waals surface area (Å²) in [6, 6.07) is 0. The van der Waals surface area contributed by atoms with Crippen molar-refractivity contribution < 1.29 is 17.3 Å². The lowest BCUT2D eigenvalue weighted by Crippen LogP contribution is -2.02. The molecule has 1 N–H and O–H groups in total. The first-order valence-electron chi connectivity index (χ1n) is 4.70. The van der Waals surface area contributed by atoms with Crippen molar-refractivity contribution in [2.75, 3.05) is 0 Å². The molecule has 0 radical (unpaired) electrons. The van der Waals surface area contributed by atoms with Gasteiger partial charge in [0.2, 0.25) is 0 Å². The maximum Gasteiger partial charge on any atom is 0.673 e. The predicted molar refractivity (Wildman–Crippen MR) is 52.1 cm³/mol. The number of nitrogens with one attached hydrogen (secondary N) is 1. The van der Waals surface area contributed by atoms with Crippen molar-refractivity contribution in [1.82, 2.24) is 9.97 Å². The van der Waals surface area contributed by atoms with Gasteiger partial charge in [0.25, 0.3) is 0 Å². The number of imidazole rings is 1. The zero-order chi connectivity index (χ0) is 11.9. The van der Waals surface area contributed by atoms with Crippen molar-refractivity contribution in [3.63, 3.8) is 0 Å². The second-order valence-corrected chi connectivity index (χ2v) is 3.11. The maximum absolute atomic E-state index is 9.75. The Labute approximate surface area is 86.2 Å². The predicted octanol–water partition coefficient (Wildman–Crippen LogP) is 3.36. The number of aromatic amines is 1. The third-order valence-corrected chi connectivity index (χ3v) is 1.52. The Kier molecular flexibility index (Phi) is 6.04. The van der Waals surface area contributed by atoms with Gasteiger partial charge in [0, 0.05) is 18.3 Å². The number of rotatable bonds is 3. The Hall–Kier alpha value is -1.01. The van der Waals surface area contributed by atoms with Crippen molar-refractivity contribution in [2.24, 2.45) is 0 Å². The molecule has 0 atom stereocenters. The summed E-state index contributed by atoms with van der Waals surface area (Å²) in [7, 11) is -6.00. The van der Waals surface area contributed by atoms with Crippen LogP contribution in [0, 0.1) is 6.92 Å². The smallest absolute Gasteiger partial charge is 0.418 e. The van der Waals surface area contributed by atoms with Crippen LogP contribution in [0.15, 0.2) is 6.20 Å². The molecule has 0 saturated carbocycles. The maximum atomic E-state index is 9.75. The van der Waals surface area contributed by atoms with Crippen molar-refractivity contribution in [3.8, 4) is 0 Å². The largest absolute Gasteiger partial charge is 0.673 e. The highest BCUT2D eigenvalue weighted by atomic mass is 19.5. The number of hydrogen-bond donors (Lipinski definition) is 1. The summed E-state index contributed by atoms with van der Waals surface area (Å²) in [6.45, 7) is 4.22. The first-order chi connectivity index (χ1) is 6.83. The summed E-state index contributed by atoms with van der Waals surface area (Å²) in [4.78, 5) is 7.40. The molecule has 0 fully saturated rings. The van der Waals surface area contributed by atoms with E-state index in [-0.39, 0.29) is 0 Å². The lowest BCUT2D eigenvalue weighted by Gasteiger charge is -1.94. The molecule has 0 aromatic carbocycles. The van der Waals surface area contributed by atoms with Gasteiger partial charge in [-0.2, -0.15) is 0 Å². The van der Waals surface area contributed by atoms with Crippen molar-refractivity contribution in [1.29, 1.82) is 0 Å². The van der Waals surface area contributed by atoms with Crippen molar-refractivity contribution in [3.05, 3.63) is 17.7 Å². The fraction of sp³-hybridized carbons (Fsp3) is 0.625. The number of nitrogens with zero attached hydrogens (tertiary/aromatic N) is 1. The third kappa shape index (κ3) is 10.9. The molecule has 0 aliphatic carbocycles. The van der Waals surface area contributed by atoms with Gasteiger partial charge < -0.3 is 22.2 Å². The van der Waals surface area contributed by atoms with Crippen LogP contribution in [0.25, 0.3) is 0 Å². The molecular weight excluding hydrogens is 211 g/mol. The summed E-state index contributed by atoms with van der Waals surface area (Å²) < 4.78 is 39.0. The molecule has 1 heterocycles. The fourth-order valence-corrected chi connectivity index (χ4v) is 0.938. The number of aryl methyl sites for hydroxylation is 2. The van der Waals surface area contributed by atoms with Crippen molar-refractivity contribution >= 4 is 7.25 Å². The van der Waals surface area contributed by atoms with E-state index in [1.165, 1.54) is 12.8 Å². The Morgan fingerprint density at radius 1 is 1.33 bits per heavy atom. The molecule has 15 heavy (non-hydrogen) atoms. The lowest BCUT2D eigenvalue weighted by atomic mass is 10.2. The van der Waals surface area contributed by atoms with Crippen LogP contribution in [0.1, 0.15) is 31.3 Å². The van der Waals surface area contributed by atoms with E-state index in [2.05, 4.69) is 16.9 Å². The number of aromatic nitrogens is 2. The lowest BCUT2D eigenvalue weighted by molar-refractivity contribution is 0.368. The van der Waals surface area contributed by atoms with Crippen LogP contribution in [0.2, 0.25) is 0 Å². The average Bonchev–Trinajstić information content (AvgIpc) is 2.45. The second kappa shape index (κ2) is 6.47. The average molecular weight is 225 g/mol. The molecule has 2 nitrogen and oxygen atoms in total. The molecule has 88 valence electrons. The quantitative estimate of drug-likeness (QED) is 0.620. The van der Waals surface area contributed by atoms with Crippen LogP contribution in [0.4, 0.5) is 17.3 Å². The van der Waals surface area contributed by atoms with Gasteiger partial charge in [-0.05, 0) is 13.3 Å². The molecule has 0 aliphatic rings. The number of halogens is 4. The highest BCUT2D eigenvalue weighted by Crippen LogP contribution is 2.06. The zero-order valence-corrected chi connectivity index (χ0v) is 8.74. The van der Waals surface area contributed by atoms with Crippen LogP contribution < -0.4 is 0 Å². The molecule has 7 heteroatoms. The Bertz CT molecular complexity index is 266. The molecule has 1 rings (SSSR count). The molecule has 1 aromatic rings. The summed E-state index contributed by atoms with van der Waals surface area (Å²) >= 11 is 0. The molecule has 1 aromatic heterocycles. The fourth-order valence-electron chi connectivity index (χ4n) is 0.938. The molecule has 0 saturated heterocycles. The van der Waals surface area contributed by atoms with E-state index in [1.54, 1.807) is 0 Å². The summed E-state index contributed by atoms with van der Waals surface area (Å²) in [5.74, 6) is 1.12. The van der Waals surface area contributed by atoms with Crippen LogP contribution in [0.5, 0.6) is 0 Å². The van der Waals surface area contributed by atoms with E-state index in [1.807, 2.05) is 13.1 Å². The van der Waals surface area contributed by atoms with Gasteiger partial charge in [0.1, 0.15) is 5.82 Å². The van der Waals surface area contributed by atoms with Gasteiger partial charge in [-0.15, -0.1) is 0 Å². The van der Waals surface area contributed by atoms with Gasteiger partial charge in [-0.1, -0.05) is 13.3 Å². The first-order valence-corrected chi connectivity index (χ1v) is 4.70. The first kappa shape index (κ1) is 14.0. The van der Waals surface area contributed by atoms with Crippen molar-refractivity contribution in [2.45, 2.75) is 33.1 Å². The third-order valence-electron chi connectivity index (χ3n) is 1.52. The summed E-state index contributed by atoms with van der Waals surface area (Å²) in [5, 5.41) is 0. The van der Waals surface area contributed by atoms with E-state index < -0.39 is 7.25 Å². The summed E-state index contributed by atoms with van der Waals surface area (Å²) in [6.07, 6.45) is 5.43. The molecule has 0 aliphatic heterocycles. The highest BCUT2D eigenvalue weighted by Gasteiger charge is 2.20. The molecule has 0 spiro atoms. The normalized spacial score (nSPS) is 10.8. The highest BCUT2D eigenvalue weighted by molar-refractivity contribution is 6.50. The monoisotopic (exact) mass is 225 g/mol. The van der Waals surface area contributed by atoms with E-state index in [4.69, 9.17) is 0 Å². The Morgan fingerprint density at radius 3 is 2.20 bits per heavy atom. The van der Waals surface area contributed by atoms with E-state index >= 15 is 0 Å². The van der Waals surface area contributed by atoms with E-state index in [0.717, 1.165) is 17.9 Å². The standard InChI is InChI=1S/C8H14N2.BF4/c1-3-4-5-8-9-6-7(2)10-8;2-1(3,4)5/h6H,3-5H2,1-2H3,(H,9,10);/q;-1. The van der Waals surface area contributed by atoms with Crippen LogP contribution in [-0.2, 0) is 6.42 Å². The van der Waals surface area contributed by atoms with Gasteiger partial charge >= 0.3 is 7.25 Å². The topological polar surface area (TPSA) is 28.7 Å². The second-order valence-electron chi connectivity index (χ2n) is 3.11. The number of hydrogen-bond acceptors (Lipinski definition) is 1. The molecular formula is C8H14BF4N2-. The molecule has 0 unspecified atom stereocenters. The summed E-state index contributed by atoms with van der Waals surface area (Å²) in [5.41, 5.74) is 1.16. The van der Waals surface area contributed by atoms with Gasteiger partial charge in [-0.3, -0.25) is 0 Å². The van der Waals surface area contributed by atoms with E-state index in [9.17, 15) is 17.3 Å². The molecule has 0 amide bonds. The van der Waals surface area contributed by atoms with Crippen LogP contribution in [0.3, 0.4) is 0 Å². The minimum absolute atomic E-state index is 1.09. The van der Waals surface area contributed by atoms with E-state index in [0.29, 0.717) is 0 Å². The number of H-pyrrole nitrogens is 1. The van der Waals surface area contributed by atoms with Gasteiger partial charge in [0.05, 0.1) is 0 Å². The zero-order valence-electron chi connectivity index (χ0n) is 8.74. The SMILES string of the molecule is CCCCc1ncc(C)[nH]1.F[B-](F)(F)F. The van der Waals surface area contributed by atoms with Crippen LogP contribution in [-0.4, -0.2) is 17.2 Å². The molecule has 0 bridgehead atoms. The van der Waals surface area contributed by atoms with Gasteiger partial charge in [0.15, 0.2) is 0 Å². The Morgan fingerprint density at radius 2 is 1.87 bits per heavy atom. The minimum Gasteiger partial charge on any atom is -0.418 e.